The summed E-state index contributed by atoms with van der Waals surface area (Å²) in [6.45, 7) is 1.15. The van der Waals surface area contributed by atoms with Crippen molar-refractivity contribution in [2.45, 2.75) is 31.3 Å². The van der Waals surface area contributed by atoms with E-state index in [-0.39, 0.29) is 12.7 Å². The molecule has 2 aromatic carbocycles. The smallest absolute Gasteiger partial charge is 0.338 e. The van der Waals surface area contributed by atoms with Crippen molar-refractivity contribution in [2.24, 2.45) is 0 Å². The second-order valence-corrected chi connectivity index (χ2v) is 7.02. The minimum Gasteiger partial charge on any atom is -0.457 e. The molecule has 1 heterocycles. The molecule has 1 fully saturated rings. The summed E-state index contributed by atoms with van der Waals surface area (Å²) in [7, 11) is 0. The number of benzene rings is 2. The van der Waals surface area contributed by atoms with E-state index in [2.05, 4.69) is 0 Å². The third-order valence-electron chi connectivity index (χ3n) is 4.85. The summed E-state index contributed by atoms with van der Waals surface area (Å²) in [4.78, 5) is 36.5. The maximum atomic E-state index is 12.5. The van der Waals surface area contributed by atoms with Gasteiger partial charge in [0.1, 0.15) is 18.8 Å². The molecule has 2 aromatic rings. The van der Waals surface area contributed by atoms with Gasteiger partial charge in [-0.05, 0) is 30.3 Å². The van der Waals surface area contributed by atoms with Gasteiger partial charge in [-0.3, -0.25) is 4.79 Å². The van der Waals surface area contributed by atoms with E-state index in [4.69, 9.17) is 18.9 Å². The molecule has 4 atom stereocenters. The second kappa shape index (κ2) is 8.51. The van der Waals surface area contributed by atoms with Crippen molar-refractivity contribution in [3.8, 4) is 0 Å². The Morgan fingerprint density at radius 2 is 1.47 bits per heavy atom. The summed E-state index contributed by atoms with van der Waals surface area (Å²) >= 11 is 0. The molecular formula is C23H20O7. The maximum Gasteiger partial charge on any atom is 0.338 e. The van der Waals surface area contributed by atoms with Crippen LogP contribution >= 0.6 is 0 Å². The van der Waals surface area contributed by atoms with Gasteiger partial charge in [-0.1, -0.05) is 36.4 Å². The first-order valence-electron chi connectivity index (χ1n) is 9.54. The molecule has 4 rings (SSSR count). The Kier molecular flexibility index (Phi) is 5.63. The van der Waals surface area contributed by atoms with Gasteiger partial charge >= 0.3 is 17.9 Å². The zero-order valence-electron chi connectivity index (χ0n) is 16.2. The number of hydrogen-bond acceptors (Lipinski definition) is 7. The van der Waals surface area contributed by atoms with Gasteiger partial charge in [0.2, 0.25) is 0 Å². The number of ether oxygens (including phenoxy) is 4. The van der Waals surface area contributed by atoms with E-state index < -0.39 is 36.2 Å². The fourth-order valence-corrected chi connectivity index (χ4v) is 3.38. The summed E-state index contributed by atoms with van der Waals surface area (Å²) < 4.78 is 22.0. The first-order valence-corrected chi connectivity index (χ1v) is 9.54. The van der Waals surface area contributed by atoms with Crippen LogP contribution in [0.5, 0.6) is 0 Å². The first-order chi connectivity index (χ1) is 14.5. The van der Waals surface area contributed by atoms with Crippen LogP contribution in [0.4, 0.5) is 0 Å². The van der Waals surface area contributed by atoms with Crippen LogP contribution in [0, 0.1) is 0 Å². The lowest BCUT2D eigenvalue weighted by atomic mass is 9.93. The minimum absolute atomic E-state index is 0.113. The van der Waals surface area contributed by atoms with Crippen LogP contribution in [0.25, 0.3) is 0 Å². The van der Waals surface area contributed by atoms with Crippen molar-refractivity contribution >= 4 is 17.9 Å². The molecule has 0 bridgehead atoms. The van der Waals surface area contributed by atoms with Gasteiger partial charge in [0.25, 0.3) is 0 Å². The summed E-state index contributed by atoms with van der Waals surface area (Å²) in [6, 6.07) is 17.1. The molecule has 2 aliphatic rings. The van der Waals surface area contributed by atoms with E-state index in [0.717, 1.165) is 0 Å². The fourth-order valence-electron chi connectivity index (χ4n) is 3.38. The van der Waals surface area contributed by atoms with Crippen molar-refractivity contribution in [3.63, 3.8) is 0 Å². The van der Waals surface area contributed by atoms with Crippen molar-refractivity contribution in [3.05, 3.63) is 83.4 Å². The zero-order valence-corrected chi connectivity index (χ0v) is 16.2. The Balaban J connectivity index is 1.49. The second-order valence-electron chi connectivity index (χ2n) is 7.02. The molecule has 0 radical (unpaired) electrons. The molecule has 30 heavy (non-hydrogen) atoms. The fraction of sp³-hybridized carbons (Fsp3) is 0.261. The molecule has 0 N–H and O–H groups in total. The van der Waals surface area contributed by atoms with Gasteiger partial charge in [0.15, 0.2) is 12.2 Å². The van der Waals surface area contributed by atoms with Gasteiger partial charge in [-0.25, -0.2) is 9.59 Å². The molecule has 1 aliphatic heterocycles. The van der Waals surface area contributed by atoms with Gasteiger partial charge in [0, 0.05) is 12.5 Å². The number of epoxide rings is 1. The largest absolute Gasteiger partial charge is 0.457 e. The summed E-state index contributed by atoms with van der Waals surface area (Å²) in [6.07, 6.45) is -0.667. The number of fused-ring (bicyclic) bond motifs is 1. The van der Waals surface area contributed by atoms with E-state index in [1.165, 1.54) is 6.92 Å². The normalized spacial score (nSPS) is 24.1. The molecular weight excluding hydrogens is 388 g/mol. The highest BCUT2D eigenvalue weighted by atomic mass is 16.6. The quantitative estimate of drug-likeness (QED) is 0.314. The van der Waals surface area contributed by atoms with Crippen LogP contribution in [0.1, 0.15) is 27.6 Å². The molecule has 0 unspecified atom stereocenters. The Hall–Kier alpha value is -3.45. The van der Waals surface area contributed by atoms with Gasteiger partial charge in [-0.2, -0.15) is 0 Å². The summed E-state index contributed by atoms with van der Waals surface area (Å²) in [5.41, 5.74) is 1.30. The maximum absolute atomic E-state index is 12.5. The zero-order chi connectivity index (χ0) is 21.1. The first kappa shape index (κ1) is 19.8. The lowest BCUT2D eigenvalue weighted by molar-refractivity contribution is -0.151. The predicted octanol–water partition coefficient (Wildman–Crippen LogP) is 2.71. The van der Waals surface area contributed by atoms with Gasteiger partial charge in [-0.15, -0.1) is 0 Å². The minimum atomic E-state index is -0.900. The van der Waals surface area contributed by atoms with Crippen LogP contribution in [0.15, 0.2) is 72.3 Å². The van der Waals surface area contributed by atoms with Crippen molar-refractivity contribution in [2.75, 3.05) is 6.61 Å². The predicted molar refractivity (Wildman–Crippen MR) is 105 cm³/mol. The molecule has 7 nitrogen and oxygen atoms in total. The van der Waals surface area contributed by atoms with Crippen molar-refractivity contribution in [1.29, 1.82) is 0 Å². The third kappa shape index (κ3) is 4.41. The monoisotopic (exact) mass is 408 g/mol. The molecule has 1 saturated heterocycles. The lowest BCUT2D eigenvalue weighted by Crippen LogP contribution is -2.44. The molecule has 0 saturated carbocycles. The Morgan fingerprint density at radius 1 is 0.867 bits per heavy atom. The van der Waals surface area contributed by atoms with Gasteiger partial charge in [0.05, 0.1) is 11.1 Å². The van der Waals surface area contributed by atoms with Crippen LogP contribution in [0.3, 0.4) is 0 Å². The van der Waals surface area contributed by atoms with E-state index in [9.17, 15) is 14.4 Å². The summed E-state index contributed by atoms with van der Waals surface area (Å²) in [5.74, 6) is -1.59. The number of rotatable bonds is 6. The van der Waals surface area contributed by atoms with Crippen LogP contribution in [-0.2, 0) is 23.7 Å². The molecule has 1 aliphatic carbocycles. The van der Waals surface area contributed by atoms with Crippen molar-refractivity contribution < 1.29 is 33.3 Å². The van der Waals surface area contributed by atoms with Crippen molar-refractivity contribution in [1.82, 2.24) is 0 Å². The Morgan fingerprint density at radius 3 is 2.07 bits per heavy atom. The number of carbonyl (C=O) groups is 3. The highest BCUT2D eigenvalue weighted by Gasteiger charge is 2.55. The average Bonchev–Trinajstić information content (AvgIpc) is 3.54. The van der Waals surface area contributed by atoms with E-state index in [1.807, 2.05) is 0 Å². The number of esters is 3. The molecule has 0 spiro atoms. The standard InChI is InChI=1S/C23H20O7/c1-14(24)28-19-17(13-27-22(25)15-8-4-2-5-9-15)12-18-20(29-18)21(19)30-23(26)16-10-6-3-7-11-16/h2-12,18-21H,13H2,1H3/t18-,19-,20-,21+/m0/s1. The topological polar surface area (TPSA) is 91.4 Å². The average molecular weight is 408 g/mol. The van der Waals surface area contributed by atoms with E-state index in [1.54, 1.807) is 66.7 Å². The number of hydrogen-bond donors (Lipinski definition) is 0. The third-order valence-corrected chi connectivity index (χ3v) is 4.85. The summed E-state index contributed by atoms with van der Waals surface area (Å²) in [5, 5.41) is 0. The van der Waals surface area contributed by atoms with Crippen LogP contribution in [0.2, 0.25) is 0 Å². The molecule has 0 aromatic heterocycles. The SMILES string of the molecule is CC(=O)O[C@H]1C(COC(=O)c2ccccc2)=C[C@@H]2O[C@@H]2[C@@H]1OC(=O)c1ccccc1. The highest BCUT2D eigenvalue weighted by molar-refractivity contribution is 5.90. The molecule has 7 heteroatoms. The Bertz CT molecular complexity index is 968. The Labute approximate surface area is 173 Å². The highest BCUT2D eigenvalue weighted by Crippen LogP contribution is 2.39. The lowest BCUT2D eigenvalue weighted by Gasteiger charge is -2.29. The number of carbonyl (C=O) groups excluding carboxylic acids is 3. The molecule has 0 amide bonds. The van der Waals surface area contributed by atoms with Gasteiger partial charge < -0.3 is 18.9 Å². The van der Waals surface area contributed by atoms with E-state index in [0.29, 0.717) is 16.7 Å². The van der Waals surface area contributed by atoms with E-state index >= 15 is 0 Å². The molecule has 154 valence electrons. The van der Waals surface area contributed by atoms with Crippen LogP contribution < -0.4 is 0 Å². The van der Waals surface area contributed by atoms with Crippen LogP contribution in [-0.4, -0.2) is 48.9 Å².